The van der Waals surface area contributed by atoms with Gasteiger partial charge in [-0.3, -0.25) is 0 Å². The number of hydrogen-bond acceptors (Lipinski definition) is 3. The van der Waals surface area contributed by atoms with Crippen LogP contribution < -0.4 is 5.73 Å². The van der Waals surface area contributed by atoms with E-state index in [0.29, 0.717) is 11.3 Å². The van der Waals surface area contributed by atoms with E-state index in [0.717, 1.165) is 17.9 Å². The van der Waals surface area contributed by atoms with Crippen molar-refractivity contribution in [1.29, 1.82) is 0 Å². The lowest BCUT2D eigenvalue weighted by atomic mass is 10.1. The fourth-order valence-electron chi connectivity index (χ4n) is 1.49. The van der Waals surface area contributed by atoms with Gasteiger partial charge in [0, 0.05) is 18.4 Å². The molecule has 0 saturated carbocycles. The second kappa shape index (κ2) is 7.17. The van der Waals surface area contributed by atoms with Crippen molar-refractivity contribution < 1.29 is 18.3 Å². The van der Waals surface area contributed by atoms with Gasteiger partial charge < -0.3 is 10.8 Å². The number of alkyl halides is 3. The smallest absolute Gasteiger partial charge is 0.396 e. The van der Waals surface area contributed by atoms with Crippen LogP contribution in [0.1, 0.15) is 24.1 Å². The van der Waals surface area contributed by atoms with Crippen LogP contribution in [0.5, 0.6) is 0 Å². The molecule has 108 valence electrons. The lowest BCUT2D eigenvalue weighted by molar-refractivity contribution is -0.137. The Balaban J connectivity index is 2.60. The molecule has 0 fully saturated rings. The minimum atomic E-state index is -4.34. The van der Waals surface area contributed by atoms with Gasteiger partial charge in [-0.25, -0.2) is 0 Å². The predicted octanol–water partition coefficient (Wildman–Crippen LogP) is 3.07. The van der Waals surface area contributed by atoms with Gasteiger partial charge in [0.25, 0.3) is 0 Å². The molecule has 0 aliphatic heterocycles. The van der Waals surface area contributed by atoms with Crippen molar-refractivity contribution in [1.82, 2.24) is 0 Å². The summed E-state index contributed by atoms with van der Waals surface area (Å²) >= 11 is 1.54. The molecule has 2 nitrogen and oxygen atoms in total. The van der Waals surface area contributed by atoms with Crippen LogP contribution in [0, 0.1) is 5.92 Å². The molecule has 0 aromatic heterocycles. The van der Waals surface area contributed by atoms with Gasteiger partial charge in [0.15, 0.2) is 0 Å². The monoisotopic (exact) mass is 293 g/mol. The van der Waals surface area contributed by atoms with Crippen LogP contribution in [-0.4, -0.2) is 23.2 Å². The molecule has 2 atom stereocenters. The van der Waals surface area contributed by atoms with E-state index in [1.54, 1.807) is 6.07 Å². The van der Waals surface area contributed by atoms with Crippen molar-refractivity contribution in [3.63, 3.8) is 0 Å². The SMILES string of the molecule is CC(CO)CSCC(N)c1cccc(C(F)(F)F)c1. The Labute approximate surface area is 115 Å². The summed E-state index contributed by atoms with van der Waals surface area (Å²) in [6.07, 6.45) is -4.34. The Morgan fingerprint density at radius 1 is 1.32 bits per heavy atom. The Hall–Kier alpha value is -0.720. The fourth-order valence-corrected chi connectivity index (χ4v) is 2.58. The maximum Gasteiger partial charge on any atom is 0.416 e. The van der Waals surface area contributed by atoms with Gasteiger partial charge >= 0.3 is 6.18 Å². The highest BCUT2D eigenvalue weighted by atomic mass is 32.2. The predicted molar refractivity (Wildman–Crippen MR) is 71.9 cm³/mol. The van der Waals surface area contributed by atoms with Gasteiger partial charge in [-0.2, -0.15) is 24.9 Å². The van der Waals surface area contributed by atoms with Crippen molar-refractivity contribution in [3.8, 4) is 0 Å². The molecule has 1 aromatic rings. The first kappa shape index (κ1) is 16.3. The number of aliphatic hydroxyl groups is 1. The molecule has 0 heterocycles. The molecule has 0 aliphatic rings. The Bertz CT molecular complexity index is 398. The van der Waals surface area contributed by atoms with Crippen LogP contribution in [0.4, 0.5) is 13.2 Å². The van der Waals surface area contributed by atoms with Gasteiger partial charge in [0.1, 0.15) is 0 Å². The van der Waals surface area contributed by atoms with E-state index in [1.165, 1.54) is 17.8 Å². The second-order valence-electron chi connectivity index (χ2n) is 4.55. The zero-order chi connectivity index (χ0) is 14.5. The third-order valence-corrected chi connectivity index (χ3v) is 4.05. The summed E-state index contributed by atoms with van der Waals surface area (Å²) in [7, 11) is 0. The van der Waals surface area contributed by atoms with E-state index >= 15 is 0 Å². The molecule has 3 N–H and O–H groups in total. The van der Waals surface area contributed by atoms with Crippen LogP contribution in [0.25, 0.3) is 0 Å². The van der Waals surface area contributed by atoms with Gasteiger partial charge in [0.2, 0.25) is 0 Å². The highest BCUT2D eigenvalue weighted by Gasteiger charge is 2.30. The van der Waals surface area contributed by atoms with E-state index in [9.17, 15) is 13.2 Å². The Morgan fingerprint density at radius 2 is 2.00 bits per heavy atom. The van der Waals surface area contributed by atoms with Crippen LogP contribution in [0.15, 0.2) is 24.3 Å². The summed E-state index contributed by atoms with van der Waals surface area (Å²) in [5, 5.41) is 8.87. The number of halogens is 3. The topological polar surface area (TPSA) is 46.2 Å². The second-order valence-corrected chi connectivity index (χ2v) is 5.63. The maximum atomic E-state index is 12.6. The highest BCUT2D eigenvalue weighted by molar-refractivity contribution is 7.99. The van der Waals surface area contributed by atoms with E-state index in [2.05, 4.69) is 0 Å². The minimum absolute atomic E-state index is 0.103. The third-order valence-electron chi connectivity index (χ3n) is 2.65. The number of hydrogen-bond donors (Lipinski definition) is 2. The first-order valence-electron chi connectivity index (χ1n) is 5.96. The largest absolute Gasteiger partial charge is 0.416 e. The van der Waals surface area contributed by atoms with E-state index in [4.69, 9.17) is 10.8 Å². The summed E-state index contributed by atoms with van der Waals surface area (Å²) in [6, 6.07) is 4.69. The number of benzene rings is 1. The van der Waals surface area contributed by atoms with Crippen molar-refractivity contribution in [3.05, 3.63) is 35.4 Å². The van der Waals surface area contributed by atoms with Crippen LogP contribution in [0.3, 0.4) is 0 Å². The molecule has 0 spiro atoms. The first-order valence-corrected chi connectivity index (χ1v) is 7.11. The molecule has 19 heavy (non-hydrogen) atoms. The molecular formula is C13H18F3NOS. The van der Waals surface area contributed by atoms with E-state index in [1.807, 2.05) is 6.92 Å². The number of rotatable bonds is 6. The molecule has 1 aromatic carbocycles. The Kier molecular flexibility index (Phi) is 6.16. The van der Waals surface area contributed by atoms with Crippen LogP contribution >= 0.6 is 11.8 Å². The number of aliphatic hydroxyl groups excluding tert-OH is 1. The highest BCUT2D eigenvalue weighted by Crippen LogP contribution is 2.31. The van der Waals surface area contributed by atoms with Crippen LogP contribution in [-0.2, 0) is 6.18 Å². The fraction of sp³-hybridized carbons (Fsp3) is 0.538. The minimum Gasteiger partial charge on any atom is -0.396 e. The number of thioether (sulfide) groups is 1. The summed E-state index contributed by atoms with van der Waals surface area (Å²) in [5.41, 5.74) is 5.70. The lowest BCUT2D eigenvalue weighted by Crippen LogP contribution is -2.16. The number of nitrogens with two attached hydrogens (primary N) is 1. The molecule has 0 amide bonds. The van der Waals surface area contributed by atoms with E-state index in [-0.39, 0.29) is 12.5 Å². The molecule has 2 unspecified atom stereocenters. The van der Waals surface area contributed by atoms with Crippen molar-refractivity contribution >= 4 is 11.8 Å². The summed E-state index contributed by atoms with van der Waals surface area (Å²) in [4.78, 5) is 0. The average molecular weight is 293 g/mol. The van der Waals surface area contributed by atoms with Gasteiger partial charge in [0.05, 0.1) is 5.56 Å². The summed E-state index contributed by atoms with van der Waals surface area (Å²) in [6.45, 7) is 2.01. The van der Waals surface area contributed by atoms with E-state index < -0.39 is 17.8 Å². The first-order chi connectivity index (χ1) is 8.84. The third kappa shape index (κ3) is 5.42. The molecule has 0 bridgehead atoms. The van der Waals surface area contributed by atoms with Gasteiger partial charge in [-0.1, -0.05) is 19.1 Å². The molecule has 0 aliphatic carbocycles. The molecule has 1 rings (SSSR count). The molecule has 0 radical (unpaired) electrons. The lowest BCUT2D eigenvalue weighted by Gasteiger charge is -2.15. The zero-order valence-corrected chi connectivity index (χ0v) is 11.5. The molecular weight excluding hydrogens is 275 g/mol. The average Bonchev–Trinajstić information content (AvgIpc) is 2.37. The van der Waals surface area contributed by atoms with Gasteiger partial charge in [-0.05, 0) is 29.4 Å². The van der Waals surface area contributed by atoms with Crippen molar-refractivity contribution in [2.75, 3.05) is 18.1 Å². The molecule has 0 saturated heterocycles. The summed E-state index contributed by atoms with van der Waals surface area (Å²) in [5.74, 6) is 1.44. The zero-order valence-electron chi connectivity index (χ0n) is 10.7. The Morgan fingerprint density at radius 3 is 2.58 bits per heavy atom. The van der Waals surface area contributed by atoms with Crippen molar-refractivity contribution in [2.45, 2.75) is 19.1 Å². The van der Waals surface area contributed by atoms with Gasteiger partial charge in [-0.15, -0.1) is 0 Å². The summed E-state index contributed by atoms with van der Waals surface area (Å²) < 4.78 is 37.7. The quantitative estimate of drug-likeness (QED) is 0.847. The standard InChI is InChI=1S/C13H18F3NOS/c1-9(6-18)7-19-8-12(17)10-3-2-4-11(5-10)13(14,15)16/h2-5,9,12,18H,6-8,17H2,1H3. The normalized spacial score (nSPS) is 15.3. The van der Waals surface area contributed by atoms with Crippen LogP contribution in [0.2, 0.25) is 0 Å². The maximum absolute atomic E-state index is 12.6. The molecule has 6 heteroatoms. The van der Waals surface area contributed by atoms with Crippen molar-refractivity contribution in [2.24, 2.45) is 11.7 Å².